The largest absolute Gasteiger partial charge is 0.469 e. The summed E-state index contributed by atoms with van der Waals surface area (Å²) in [4.78, 5) is 23.6. The second-order valence-corrected chi connectivity index (χ2v) is 11.5. The Balaban J connectivity index is 3.96. The van der Waals surface area contributed by atoms with E-state index in [0.717, 1.165) is 70.6 Å². The topological polar surface area (TPSA) is 52.6 Å². The van der Waals surface area contributed by atoms with Gasteiger partial charge >= 0.3 is 11.9 Å². The van der Waals surface area contributed by atoms with Crippen LogP contribution in [0.2, 0.25) is 0 Å². The lowest BCUT2D eigenvalue weighted by molar-refractivity contribution is -0.149. The first-order valence-electron chi connectivity index (χ1n) is 17.3. The molecule has 0 heterocycles. The maximum absolute atomic E-state index is 12.5. The Labute approximate surface area is 254 Å². The minimum Gasteiger partial charge on any atom is -0.469 e. The molecule has 0 N–H and O–H groups in total. The number of hydrogen-bond donors (Lipinski definition) is 0. The van der Waals surface area contributed by atoms with Crippen LogP contribution >= 0.6 is 0 Å². The standard InChI is InChI=1S/C37H66O4/c1-4-6-8-10-11-12-13-14-15-16-17-18-23-26-30-34-37(39)41-35(31-27-9-7-5-2)32-28-24-21-19-20-22-25-29-33-36(38)40-3/h11-12,14-15,24,28,35H,4-10,13,16-23,25-27,29-34H2,1-3H3/b12-11-,15-14-,28-24-/t35-/m1/s1. The van der Waals surface area contributed by atoms with Gasteiger partial charge in [0.05, 0.1) is 7.11 Å². The van der Waals surface area contributed by atoms with Crippen LogP contribution in [0.3, 0.4) is 0 Å². The molecule has 0 rings (SSSR count). The molecule has 41 heavy (non-hydrogen) atoms. The third-order valence-corrected chi connectivity index (χ3v) is 7.55. The Morgan fingerprint density at radius 3 is 1.59 bits per heavy atom. The van der Waals surface area contributed by atoms with E-state index in [1.165, 1.54) is 84.2 Å². The average Bonchev–Trinajstić information content (AvgIpc) is 2.97. The van der Waals surface area contributed by atoms with Crippen LogP contribution < -0.4 is 0 Å². The summed E-state index contributed by atoms with van der Waals surface area (Å²) in [6.45, 7) is 4.48. The molecule has 0 aliphatic carbocycles. The highest BCUT2D eigenvalue weighted by Gasteiger charge is 2.13. The molecular weight excluding hydrogens is 508 g/mol. The number of methoxy groups -OCH3 is 1. The van der Waals surface area contributed by atoms with Crippen molar-refractivity contribution in [2.24, 2.45) is 0 Å². The van der Waals surface area contributed by atoms with Gasteiger partial charge in [0.15, 0.2) is 0 Å². The zero-order chi connectivity index (χ0) is 30.1. The van der Waals surface area contributed by atoms with Crippen molar-refractivity contribution in [1.29, 1.82) is 0 Å². The monoisotopic (exact) mass is 574 g/mol. The van der Waals surface area contributed by atoms with Gasteiger partial charge in [0.25, 0.3) is 0 Å². The van der Waals surface area contributed by atoms with E-state index >= 15 is 0 Å². The second-order valence-electron chi connectivity index (χ2n) is 11.5. The zero-order valence-corrected chi connectivity index (χ0v) is 27.4. The summed E-state index contributed by atoms with van der Waals surface area (Å²) in [6.07, 6.45) is 41.1. The van der Waals surface area contributed by atoms with Crippen LogP contribution in [0.1, 0.15) is 174 Å². The normalized spacial score (nSPS) is 12.6. The van der Waals surface area contributed by atoms with E-state index in [-0.39, 0.29) is 18.0 Å². The molecule has 0 aliphatic rings. The molecule has 0 aromatic carbocycles. The third-order valence-electron chi connectivity index (χ3n) is 7.55. The summed E-state index contributed by atoms with van der Waals surface area (Å²) in [5.41, 5.74) is 0. The fraction of sp³-hybridized carbons (Fsp3) is 0.784. The van der Waals surface area contributed by atoms with Crippen molar-refractivity contribution >= 4 is 11.9 Å². The predicted molar refractivity (Wildman–Crippen MR) is 176 cm³/mol. The molecule has 0 aromatic rings. The molecule has 0 aliphatic heterocycles. The number of carbonyl (C=O) groups is 2. The Kier molecular flexibility index (Phi) is 31.2. The Hall–Kier alpha value is -1.84. The van der Waals surface area contributed by atoms with E-state index in [1.54, 1.807) is 0 Å². The van der Waals surface area contributed by atoms with Gasteiger partial charge in [-0.2, -0.15) is 0 Å². The minimum absolute atomic E-state index is 0.0171. The van der Waals surface area contributed by atoms with Gasteiger partial charge in [-0.3, -0.25) is 9.59 Å². The smallest absolute Gasteiger partial charge is 0.306 e. The van der Waals surface area contributed by atoms with Crippen molar-refractivity contribution in [2.75, 3.05) is 7.11 Å². The summed E-state index contributed by atoms with van der Waals surface area (Å²) in [5, 5.41) is 0. The molecule has 4 nitrogen and oxygen atoms in total. The van der Waals surface area contributed by atoms with Crippen LogP contribution in [0.4, 0.5) is 0 Å². The highest BCUT2D eigenvalue weighted by molar-refractivity contribution is 5.69. The van der Waals surface area contributed by atoms with E-state index in [1.807, 2.05) is 0 Å². The highest BCUT2D eigenvalue weighted by Crippen LogP contribution is 2.16. The van der Waals surface area contributed by atoms with Crippen molar-refractivity contribution in [2.45, 2.75) is 180 Å². The van der Waals surface area contributed by atoms with Gasteiger partial charge < -0.3 is 9.47 Å². The van der Waals surface area contributed by atoms with Crippen molar-refractivity contribution in [3.8, 4) is 0 Å². The SMILES string of the molecule is CCCCC/C=C\C/C=C\CCCCCCCC(=O)O[C@@H](C/C=C\CCCCCCCC(=O)OC)CCCCCC. The lowest BCUT2D eigenvalue weighted by Gasteiger charge is -2.16. The summed E-state index contributed by atoms with van der Waals surface area (Å²) < 4.78 is 10.6. The van der Waals surface area contributed by atoms with Gasteiger partial charge in [0, 0.05) is 19.3 Å². The Morgan fingerprint density at radius 1 is 0.537 bits per heavy atom. The summed E-state index contributed by atoms with van der Waals surface area (Å²) >= 11 is 0. The number of carbonyl (C=O) groups excluding carboxylic acids is 2. The summed E-state index contributed by atoms with van der Waals surface area (Å²) in [5.74, 6) is -0.125. The fourth-order valence-electron chi connectivity index (χ4n) is 4.88. The first-order valence-corrected chi connectivity index (χ1v) is 17.3. The van der Waals surface area contributed by atoms with Crippen molar-refractivity contribution in [1.82, 2.24) is 0 Å². The van der Waals surface area contributed by atoms with Crippen LogP contribution in [0.15, 0.2) is 36.5 Å². The maximum atomic E-state index is 12.5. The number of ether oxygens (including phenoxy) is 2. The highest BCUT2D eigenvalue weighted by atomic mass is 16.5. The van der Waals surface area contributed by atoms with Crippen LogP contribution in [-0.4, -0.2) is 25.2 Å². The number of unbranched alkanes of at least 4 members (excludes halogenated alkanes) is 16. The van der Waals surface area contributed by atoms with E-state index in [4.69, 9.17) is 4.74 Å². The van der Waals surface area contributed by atoms with Gasteiger partial charge in [-0.1, -0.05) is 121 Å². The molecule has 4 heteroatoms. The molecular formula is C37H66O4. The average molecular weight is 575 g/mol. The molecule has 0 saturated carbocycles. The van der Waals surface area contributed by atoms with Gasteiger partial charge in [-0.15, -0.1) is 0 Å². The molecule has 0 fully saturated rings. The zero-order valence-electron chi connectivity index (χ0n) is 27.4. The maximum Gasteiger partial charge on any atom is 0.306 e. The number of hydrogen-bond acceptors (Lipinski definition) is 4. The Morgan fingerprint density at radius 2 is 1.00 bits per heavy atom. The quantitative estimate of drug-likeness (QED) is 0.0486. The second kappa shape index (κ2) is 32.7. The predicted octanol–water partition coefficient (Wildman–Crippen LogP) is 11.5. The molecule has 0 aromatic heterocycles. The first kappa shape index (κ1) is 39.2. The number of rotatable bonds is 30. The molecule has 0 radical (unpaired) electrons. The molecule has 0 unspecified atom stereocenters. The van der Waals surface area contributed by atoms with Crippen molar-refractivity contribution < 1.29 is 19.1 Å². The summed E-state index contributed by atoms with van der Waals surface area (Å²) in [6, 6.07) is 0. The van der Waals surface area contributed by atoms with Gasteiger partial charge in [0.2, 0.25) is 0 Å². The van der Waals surface area contributed by atoms with Gasteiger partial charge in [0.1, 0.15) is 6.10 Å². The Bertz CT molecular complexity index is 664. The number of esters is 2. The van der Waals surface area contributed by atoms with Crippen LogP contribution in [0, 0.1) is 0 Å². The third kappa shape index (κ3) is 30.9. The minimum atomic E-state index is -0.108. The van der Waals surface area contributed by atoms with E-state index in [9.17, 15) is 9.59 Å². The molecule has 238 valence electrons. The number of allylic oxidation sites excluding steroid dienone is 5. The molecule has 0 amide bonds. The molecule has 0 saturated heterocycles. The first-order chi connectivity index (χ1) is 20.1. The molecule has 0 spiro atoms. The van der Waals surface area contributed by atoms with Gasteiger partial charge in [-0.25, -0.2) is 0 Å². The lowest BCUT2D eigenvalue weighted by Crippen LogP contribution is -2.17. The van der Waals surface area contributed by atoms with Gasteiger partial charge in [-0.05, 0) is 70.6 Å². The van der Waals surface area contributed by atoms with E-state index in [0.29, 0.717) is 12.8 Å². The van der Waals surface area contributed by atoms with E-state index in [2.05, 4.69) is 55.0 Å². The van der Waals surface area contributed by atoms with Crippen LogP contribution in [0.25, 0.3) is 0 Å². The summed E-state index contributed by atoms with van der Waals surface area (Å²) in [7, 11) is 1.45. The lowest BCUT2D eigenvalue weighted by atomic mass is 10.1. The molecule has 0 bridgehead atoms. The van der Waals surface area contributed by atoms with Crippen molar-refractivity contribution in [3.63, 3.8) is 0 Å². The fourth-order valence-corrected chi connectivity index (χ4v) is 4.88. The molecule has 1 atom stereocenters. The van der Waals surface area contributed by atoms with Crippen LogP contribution in [0.5, 0.6) is 0 Å². The van der Waals surface area contributed by atoms with E-state index < -0.39 is 0 Å². The van der Waals surface area contributed by atoms with Crippen LogP contribution in [-0.2, 0) is 19.1 Å². The van der Waals surface area contributed by atoms with Crippen molar-refractivity contribution in [3.05, 3.63) is 36.5 Å².